The molecule has 4 nitrogen and oxygen atoms in total. The second-order valence-electron chi connectivity index (χ2n) is 1.48. The summed E-state index contributed by atoms with van der Waals surface area (Å²) < 4.78 is 0. The third-order valence-corrected chi connectivity index (χ3v) is 0.968. The third-order valence-electron chi connectivity index (χ3n) is 0.790. The molecule has 0 saturated heterocycles. The summed E-state index contributed by atoms with van der Waals surface area (Å²) in [5, 5.41) is 8.30. The largest absolute Gasteiger partial charge is 0.479 e. The SMILES string of the molecule is NOC(C=CCCl)C(=O)O. The van der Waals surface area contributed by atoms with Gasteiger partial charge in [-0.1, -0.05) is 6.08 Å². The van der Waals surface area contributed by atoms with Crippen molar-refractivity contribution in [2.75, 3.05) is 5.88 Å². The summed E-state index contributed by atoms with van der Waals surface area (Å²) in [7, 11) is 0. The van der Waals surface area contributed by atoms with Crippen LogP contribution < -0.4 is 5.90 Å². The van der Waals surface area contributed by atoms with E-state index in [2.05, 4.69) is 10.7 Å². The number of halogens is 1. The van der Waals surface area contributed by atoms with Gasteiger partial charge < -0.3 is 5.11 Å². The number of alkyl halides is 1. The van der Waals surface area contributed by atoms with Gasteiger partial charge in [0.05, 0.1) is 0 Å². The minimum absolute atomic E-state index is 0.243. The second kappa shape index (κ2) is 5.22. The summed E-state index contributed by atoms with van der Waals surface area (Å²) in [5.41, 5.74) is 0. The molecule has 0 aliphatic carbocycles. The standard InChI is InChI=1S/C5H8ClNO3/c6-3-1-2-4(10-7)5(8)9/h1-2,4H,3,7H2,(H,8,9). The van der Waals surface area contributed by atoms with Crippen molar-refractivity contribution in [3.8, 4) is 0 Å². The van der Waals surface area contributed by atoms with Crippen LogP contribution in [0.3, 0.4) is 0 Å². The number of carboxylic acids is 1. The van der Waals surface area contributed by atoms with Crippen LogP contribution in [0.25, 0.3) is 0 Å². The molecule has 0 radical (unpaired) electrons. The normalized spacial score (nSPS) is 13.8. The molecular weight excluding hydrogens is 158 g/mol. The highest BCUT2D eigenvalue weighted by atomic mass is 35.5. The molecule has 0 bridgehead atoms. The Labute approximate surface area is 63.2 Å². The van der Waals surface area contributed by atoms with Crippen LogP contribution in [-0.4, -0.2) is 23.1 Å². The highest BCUT2D eigenvalue weighted by molar-refractivity contribution is 6.18. The van der Waals surface area contributed by atoms with E-state index >= 15 is 0 Å². The van der Waals surface area contributed by atoms with Crippen LogP contribution in [0.4, 0.5) is 0 Å². The summed E-state index contributed by atoms with van der Waals surface area (Å²) >= 11 is 5.23. The minimum atomic E-state index is -1.14. The summed E-state index contributed by atoms with van der Waals surface area (Å²) in [4.78, 5) is 14.2. The van der Waals surface area contributed by atoms with Gasteiger partial charge >= 0.3 is 5.97 Å². The molecule has 1 atom stereocenters. The predicted octanol–water partition coefficient (Wildman–Crippen LogP) is 0.125. The van der Waals surface area contributed by atoms with Crippen LogP contribution in [0.1, 0.15) is 0 Å². The molecule has 0 saturated carbocycles. The molecule has 0 heterocycles. The number of hydrogen-bond acceptors (Lipinski definition) is 3. The minimum Gasteiger partial charge on any atom is -0.479 e. The number of rotatable bonds is 4. The molecule has 0 aliphatic rings. The zero-order valence-electron chi connectivity index (χ0n) is 5.16. The maximum absolute atomic E-state index is 10.1. The fraction of sp³-hybridized carbons (Fsp3) is 0.400. The lowest BCUT2D eigenvalue weighted by atomic mass is 10.3. The van der Waals surface area contributed by atoms with E-state index < -0.39 is 12.1 Å². The van der Waals surface area contributed by atoms with E-state index in [9.17, 15) is 4.79 Å². The molecule has 58 valence electrons. The van der Waals surface area contributed by atoms with Crippen LogP contribution in [0.2, 0.25) is 0 Å². The molecular formula is C5H8ClNO3. The Morgan fingerprint density at radius 1 is 1.90 bits per heavy atom. The van der Waals surface area contributed by atoms with Crippen LogP contribution >= 0.6 is 11.6 Å². The molecule has 0 aromatic carbocycles. The summed E-state index contributed by atoms with van der Waals surface area (Å²) in [6.07, 6.45) is 1.63. The van der Waals surface area contributed by atoms with Crippen LogP contribution in [0.5, 0.6) is 0 Å². The fourth-order valence-corrected chi connectivity index (χ4v) is 0.464. The molecule has 5 heteroatoms. The smallest absolute Gasteiger partial charge is 0.339 e. The van der Waals surface area contributed by atoms with Crippen LogP contribution in [0, 0.1) is 0 Å². The van der Waals surface area contributed by atoms with Crippen molar-refractivity contribution in [3.05, 3.63) is 12.2 Å². The second-order valence-corrected chi connectivity index (χ2v) is 1.79. The van der Waals surface area contributed by atoms with Gasteiger partial charge in [-0.15, -0.1) is 11.6 Å². The zero-order chi connectivity index (χ0) is 7.98. The van der Waals surface area contributed by atoms with E-state index in [0.717, 1.165) is 0 Å². The molecule has 0 aliphatic heterocycles. The van der Waals surface area contributed by atoms with Gasteiger partial charge in [-0.3, -0.25) is 4.84 Å². The molecule has 0 fully saturated rings. The third kappa shape index (κ3) is 3.45. The van der Waals surface area contributed by atoms with Crippen molar-refractivity contribution in [3.63, 3.8) is 0 Å². The van der Waals surface area contributed by atoms with E-state index in [1.807, 2.05) is 0 Å². The molecule has 0 aromatic heterocycles. The van der Waals surface area contributed by atoms with Gasteiger partial charge in [-0.05, 0) is 6.08 Å². The van der Waals surface area contributed by atoms with Crippen molar-refractivity contribution in [1.82, 2.24) is 0 Å². The van der Waals surface area contributed by atoms with Crippen LogP contribution in [-0.2, 0) is 9.63 Å². The van der Waals surface area contributed by atoms with Crippen molar-refractivity contribution in [1.29, 1.82) is 0 Å². The highest BCUT2D eigenvalue weighted by Gasteiger charge is 2.11. The molecule has 1 unspecified atom stereocenters. The van der Waals surface area contributed by atoms with Gasteiger partial charge in [0.1, 0.15) is 0 Å². The number of carboxylic acid groups (broad SMARTS) is 1. The Morgan fingerprint density at radius 2 is 2.50 bits per heavy atom. The van der Waals surface area contributed by atoms with Gasteiger partial charge in [0.25, 0.3) is 0 Å². The molecule has 0 aromatic rings. The molecule has 0 rings (SSSR count). The van der Waals surface area contributed by atoms with Crippen molar-refractivity contribution < 1.29 is 14.7 Å². The number of allylic oxidation sites excluding steroid dienone is 1. The van der Waals surface area contributed by atoms with Gasteiger partial charge in [-0.2, -0.15) is 0 Å². The highest BCUT2D eigenvalue weighted by Crippen LogP contribution is 1.91. The average molecular weight is 166 g/mol. The Morgan fingerprint density at radius 3 is 2.80 bits per heavy atom. The molecule has 10 heavy (non-hydrogen) atoms. The Balaban J connectivity index is 3.83. The fourth-order valence-electron chi connectivity index (χ4n) is 0.361. The van der Waals surface area contributed by atoms with Crippen molar-refractivity contribution >= 4 is 17.6 Å². The summed E-state index contributed by atoms with van der Waals surface area (Å²) in [5.74, 6) is 3.75. The topological polar surface area (TPSA) is 72.5 Å². The first kappa shape index (κ1) is 9.42. The molecule has 3 N–H and O–H groups in total. The number of aliphatic carboxylic acids is 1. The van der Waals surface area contributed by atoms with Gasteiger partial charge in [0.15, 0.2) is 6.10 Å². The maximum Gasteiger partial charge on any atom is 0.339 e. The van der Waals surface area contributed by atoms with E-state index in [0.29, 0.717) is 0 Å². The summed E-state index contributed by atoms with van der Waals surface area (Å²) in [6.45, 7) is 0. The van der Waals surface area contributed by atoms with E-state index in [1.165, 1.54) is 12.2 Å². The van der Waals surface area contributed by atoms with E-state index in [1.54, 1.807) is 0 Å². The Bertz CT molecular complexity index is 137. The zero-order valence-corrected chi connectivity index (χ0v) is 5.91. The van der Waals surface area contributed by atoms with Crippen molar-refractivity contribution in [2.24, 2.45) is 5.90 Å². The van der Waals surface area contributed by atoms with E-state index in [-0.39, 0.29) is 5.88 Å². The first-order chi connectivity index (χ1) is 4.72. The Kier molecular flexibility index (Phi) is 4.92. The average Bonchev–Trinajstić information content (AvgIpc) is 1.89. The number of nitrogens with two attached hydrogens (primary N) is 1. The lowest BCUT2D eigenvalue weighted by Gasteiger charge is -2.01. The Hall–Kier alpha value is -0.580. The lowest BCUT2D eigenvalue weighted by molar-refractivity contribution is -0.147. The first-order valence-electron chi connectivity index (χ1n) is 2.53. The number of hydrogen-bond donors (Lipinski definition) is 2. The van der Waals surface area contributed by atoms with Gasteiger partial charge in [0, 0.05) is 5.88 Å². The van der Waals surface area contributed by atoms with Crippen LogP contribution in [0.15, 0.2) is 12.2 Å². The maximum atomic E-state index is 10.1. The lowest BCUT2D eigenvalue weighted by Crippen LogP contribution is -2.24. The quantitative estimate of drug-likeness (QED) is 0.353. The summed E-state index contributed by atoms with van der Waals surface area (Å²) in [6, 6.07) is 0. The van der Waals surface area contributed by atoms with E-state index in [4.69, 9.17) is 16.7 Å². The monoisotopic (exact) mass is 165 g/mol. The van der Waals surface area contributed by atoms with Gasteiger partial charge in [0.2, 0.25) is 0 Å². The molecule has 0 spiro atoms. The molecule has 0 amide bonds. The number of carbonyl (C=O) groups is 1. The van der Waals surface area contributed by atoms with Gasteiger partial charge in [-0.25, -0.2) is 10.7 Å². The first-order valence-corrected chi connectivity index (χ1v) is 3.06. The van der Waals surface area contributed by atoms with Crippen molar-refractivity contribution in [2.45, 2.75) is 6.10 Å². The predicted molar refractivity (Wildman–Crippen MR) is 36.6 cm³/mol.